The molecule has 1 aliphatic rings. The summed E-state index contributed by atoms with van der Waals surface area (Å²) in [6.45, 7) is 4.60. The topological polar surface area (TPSA) is 51.1 Å². The van der Waals surface area contributed by atoms with Crippen molar-refractivity contribution in [2.75, 3.05) is 6.61 Å². The Bertz CT molecular complexity index is 525. The predicted molar refractivity (Wildman–Crippen MR) is 61.8 cm³/mol. The first-order valence-corrected chi connectivity index (χ1v) is 5.89. The number of furan rings is 1. The Labute approximate surface area is 101 Å². The molecule has 0 amide bonds. The van der Waals surface area contributed by atoms with E-state index in [1.165, 1.54) is 0 Å². The molecule has 0 bridgehead atoms. The number of H-pyrrole nitrogens is 1. The number of aromatic amines is 1. The van der Waals surface area contributed by atoms with Crippen molar-refractivity contribution >= 4 is 15.9 Å². The Hall–Kier alpha value is -1.23. The highest BCUT2D eigenvalue weighted by molar-refractivity contribution is 9.10. The molecule has 1 unspecified atom stereocenters. The lowest BCUT2D eigenvalue weighted by Gasteiger charge is -2.02. The molecule has 16 heavy (non-hydrogen) atoms. The fourth-order valence-corrected chi connectivity index (χ4v) is 2.29. The SMILES string of the molecule is Cc1nc(C2COc3cc(Br)oc32)[nH]c1C. The summed E-state index contributed by atoms with van der Waals surface area (Å²) in [6.07, 6.45) is 0. The van der Waals surface area contributed by atoms with E-state index < -0.39 is 0 Å². The van der Waals surface area contributed by atoms with E-state index >= 15 is 0 Å². The summed E-state index contributed by atoms with van der Waals surface area (Å²) < 4.78 is 11.8. The molecule has 0 aliphatic carbocycles. The molecule has 3 rings (SSSR count). The van der Waals surface area contributed by atoms with Gasteiger partial charge in [-0.1, -0.05) is 0 Å². The third-order valence-corrected chi connectivity index (χ3v) is 3.28. The molecule has 1 atom stereocenters. The molecule has 1 aliphatic heterocycles. The van der Waals surface area contributed by atoms with E-state index in [0.29, 0.717) is 11.3 Å². The minimum absolute atomic E-state index is 0.0775. The second kappa shape index (κ2) is 3.38. The van der Waals surface area contributed by atoms with E-state index in [1.807, 2.05) is 19.9 Å². The average Bonchev–Trinajstić information content (AvgIpc) is 2.82. The van der Waals surface area contributed by atoms with Gasteiger partial charge in [-0.15, -0.1) is 0 Å². The van der Waals surface area contributed by atoms with Crippen LogP contribution in [0.4, 0.5) is 0 Å². The molecule has 0 fully saturated rings. The van der Waals surface area contributed by atoms with Gasteiger partial charge in [0.1, 0.15) is 18.3 Å². The standard InChI is InChI=1S/C11H11BrN2O2/c1-5-6(2)14-11(13-5)7-4-15-8-3-9(12)16-10(7)8/h3,7H,4H2,1-2H3,(H,13,14). The van der Waals surface area contributed by atoms with Crippen molar-refractivity contribution < 1.29 is 9.15 Å². The Morgan fingerprint density at radius 2 is 2.31 bits per heavy atom. The zero-order valence-electron chi connectivity index (χ0n) is 9.00. The lowest BCUT2D eigenvalue weighted by atomic mass is 10.1. The monoisotopic (exact) mass is 282 g/mol. The molecule has 2 aromatic heterocycles. The van der Waals surface area contributed by atoms with Crippen molar-refractivity contribution in [2.24, 2.45) is 0 Å². The fraction of sp³-hybridized carbons (Fsp3) is 0.364. The Morgan fingerprint density at radius 1 is 1.50 bits per heavy atom. The van der Waals surface area contributed by atoms with Gasteiger partial charge < -0.3 is 14.1 Å². The molecule has 0 saturated heterocycles. The van der Waals surface area contributed by atoms with Crippen molar-refractivity contribution in [1.29, 1.82) is 0 Å². The van der Waals surface area contributed by atoms with Crippen LogP contribution in [-0.2, 0) is 0 Å². The van der Waals surface area contributed by atoms with Gasteiger partial charge >= 0.3 is 0 Å². The molecule has 0 aromatic carbocycles. The zero-order valence-corrected chi connectivity index (χ0v) is 10.6. The smallest absolute Gasteiger partial charge is 0.173 e. The van der Waals surface area contributed by atoms with Crippen LogP contribution in [0, 0.1) is 13.8 Å². The number of rotatable bonds is 1. The Kier molecular flexibility index (Phi) is 2.10. The number of nitrogens with zero attached hydrogens (tertiary/aromatic N) is 1. The van der Waals surface area contributed by atoms with Gasteiger partial charge in [0.2, 0.25) is 0 Å². The van der Waals surface area contributed by atoms with Crippen LogP contribution in [0.5, 0.6) is 5.75 Å². The second-order valence-corrected chi connectivity index (χ2v) is 4.76. The lowest BCUT2D eigenvalue weighted by molar-refractivity contribution is 0.335. The minimum atomic E-state index is 0.0775. The fourth-order valence-electron chi connectivity index (χ4n) is 1.91. The molecular weight excluding hydrogens is 272 g/mol. The van der Waals surface area contributed by atoms with Gasteiger partial charge in [-0.3, -0.25) is 0 Å². The molecule has 1 N–H and O–H groups in total. The van der Waals surface area contributed by atoms with Gasteiger partial charge in [0.25, 0.3) is 0 Å². The van der Waals surface area contributed by atoms with E-state index in [9.17, 15) is 0 Å². The zero-order chi connectivity index (χ0) is 11.3. The van der Waals surface area contributed by atoms with Crippen LogP contribution in [0.1, 0.15) is 28.9 Å². The Balaban J connectivity index is 2.03. The summed E-state index contributed by atoms with van der Waals surface area (Å²) in [7, 11) is 0. The Morgan fingerprint density at radius 3 is 3.00 bits per heavy atom. The van der Waals surface area contributed by atoms with Crippen LogP contribution in [-0.4, -0.2) is 16.6 Å². The molecule has 3 heterocycles. The van der Waals surface area contributed by atoms with Crippen LogP contribution >= 0.6 is 15.9 Å². The van der Waals surface area contributed by atoms with E-state index in [0.717, 1.165) is 28.7 Å². The van der Waals surface area contributed by atoms with Gasteiger partial charge in [0, 0.05) is 11.8 Å². The summed E-state index contributed by atoms with van der Waals surface area (Å²) in [5, 5.41) is 0. The third kappa shape index (κ3) is 1.38. The van der Waals surface area contributed by atoms with Crippen LogP contribution in [0.15, 0.2) is 15.2 Å². The van der Waals surface area contributed by atoms with Crippen molar-refractivity contribution in [3.63, 3.8) is 0 Å². The molecular formula is C11H11BrN2O2. The summed E-state index contributed by atoms with van der Waals surface area (Å²) in [5.41, 5.74) is 2.11. The van der Waals surface area contributed by atoms with Crippen LogP contribution < -0.4 is 4.74 Å². The number of hydrogen-bond acceptors (Lipinski definition) is 3. The number of nitrogens with one attached hydrogen (secondary N) is 1. The first-order chi connectivity index (χ1) is 7.65. The maximum Gasteiger partial charge on any atom is 0.173 e. The summed E-state index contributed by atoms with van der Waals surface area (Å²) in [4.78, 5) is 7.76. The molecule has 2 aromatic rings. The minimum Gasteiger partial charge on any atom is -0.489 e. The van der Waals surface area contributed by atoms with Crippen LogP contribution in [0.25, 0.3) is 0 Å². The van der Waals surface area contributed by atoms with Crippen molar-refractivity contribution in [3.05, 3.63) is 33.7 Å². The summed E-state index contributed by atoms with van der Waals surface area (Å²) >= 11 is 3.30. The highest BCUT2D eigenvalue weighted by atomic mass is 79.9. The second-order valence-electron chi connectivity index (χ2n) is 3.98. The average molecular weight is 283 g/mol. The number of imidazole rings is 1. The van der Waals surface area contributed by atoms with Crippen LogP contribution in [0.2, 0.25) is 0 Å². The largest absolute Gasteiger partial charge is 0.489 e. The molecule has 4 nitrogen and oxygen atoms in total. The van der Waals surface area contributed by atoms with E-state index in [2.05, 4.69) is 25.9 Å². The van der Waals surface area contributed by atoms with Crippen molar-refractivity contribution in [1.82, 2.24) is 9.97 Å². The van der Waals surface area contributed by atoms with Crippen molar-refractivity contribution in [2.45, 2.75) is 19.8 Å². The molecule has 0 saturated carbocycles. The highest BCUT2D eigenvalue weighted by Crippen LogP contribution is 2.41. The van der Waals surface area contributed by atoms with Gasteiger partial charge in [-0.25, -0.2) is 4.98 Å². The number of aromatic nitrogens is 2. The van der Waals surface area contributed by atoms with Crippen LogP contribution in [0.3, 0.4) is 0 Å². The third-order valence-electron chi connectivity index (χ3n) is 2.89. The summed E-state index contributed by atoms with van der Waals surface area (Å²) in [6, 6.07) is 1.85. The number of aryl methyl sites for hydroxylation is 2. The number of hydrogen-bond donors (Lipinski definition) is 1. The molecule has 0 spiro atoms. The highest BCUT2D eigenvalue weighted by Gasteiger charge is 2.32. The van der Waals surface area contributed by atoms with Gasteiger partial charge in [0.05, 0.1) is 5.69 Å². The molecule has 84 valence electrons. The molecule has 0 radical (unpaired) electrons. The van der Waals surface area contributed by atoms with E-state index in [1.54, 1.807) is 0 Å². The number of fused-ring (bicyclic) bond motifs is 1. The van der Waals surface area contributed by atoms with Crippen molar-refractivity contribution in [3.8, 4) is 5.75 Å². The van der Waals surface area contributed by atoms with Gasteiger partial charge in [-0.2, -0.15) is 0 Å². The maximum absolute atomic E-state index is 5.57. The lowest BCUT2D eigenvalue weighted by Crippen LogP contribution is -2.04. The first-order valence-electron chi connectivity index (χ1n) is 5.10. The van der Waals surface area contributed by atoms with E-state index in [-0.39, 0.29) is 5.92 Å². The first kappa shape index (κ1) is 9.96. The predicted octanol–water partition coefficient (Wildman–Crippen LogP) is 2.91. The molecule has 5 heteroatoms. The summed E-state index contributed by atoms with van der Waals surface area (Å²) in [5.74, 6) is 2.65. The van der Waals surface area contributed by atoms with E-state index in [4.69, 9.17) is 9.15 Å². The van der Waals surface area contributed by atoms with Gasteiger partial charge in [0.15, 0.2) is 16.2 Å². The maximum atomic E-state index is 5.57. The normalized spacial score (nSPS) is 18.6. The van der Waals surface area contributed by atoms with Gasteiger partial charge in [-0.05, 0) is 29.8 Å². The number of halogens is 1. The number of ether oxygens (including phenoxy) is 1. The quantitative estimate of drug-likeness (QED) is 0.875.